The van der Waals surface area contributed by atoms with Gasteiger partial charge in [-0.05, 0) is 6.42 Å². The molecule has 0 aromatic heterocycles. The molecule has 0 rings (SSSR count). The van der Waals surface area contributed by atoms with Crippen LogP contribution in [0.2, 0.25) is 0 Å². The number of rotatable bonds is 7. The van der Waals surface area contributed by atoms with Gasteiger partial charge in [0, 0.05) is 17.0 Å². The van der Waals surface area contributed by atoms with Crippen molar-refractivity contribution in [2.45, 2.75) is 46.6 Å². The first-order valence-electron chi connectivity index (χ1n) is 5.28. The van der Waals surface area contributed by atoms with Crippen LogP contribution in [-0.4, -0.2) is 45.5 Å². The fourth-order valence-electron chi connectivity index (χ4n) is 1.25. The topological polar surface area (TPSA) is 20.2 Å². The highest BCUT2D eigenvalue weighted by molar-refractivity contribution is 14.1. The van der Waals surface area contributed by atoms with Crippen LogP contribution in [-0.2, 0) is 0 Å². The van der Waals surface area contributed by atoms with Crippen LogP contribution in [0.1, 0.15) is 12.8 Å². The van der Waals surface area contributed by atoms with Crippen molar-refractivity contribution in [1.29, 1.82) is 0 Å². The Morgan fingerprint density at radius 3 is 1.45 bits per heavy atom. The summed E-state index contributed by atoms with van der Waals surface area (Å²) < 4.78 is 137. The molecule has 134 valence electrons. The minimum Gasteiger partial charge on any atom is -0.396 e. The van der Waals surface area contributed by atoms with Gasteiger partial charge >= 0.3 is 29.9 Å². The number of hydrogen-bond acceptors (Lipinski definition) is 1. The molecule has 1 nitrogen and oxygen atoms in total. The lowest BCUT2D eigenvalue weighted by atomic mass is 9.95. The van der Waals surface area contributed by atoms with Crippen molar-refractivity contribution in [3.8, 4) is 0 Å². The van der Waals surface area contributed by atoms with E-state index in [-0.39, 0.29) is 0 Å². The van der Waals surface area contributed by atoms with Gasteiger partial charge < -0.3 is 5.11 Å². The van der Waals surface area contributed by atoms with E-state index in [1.54, 1.807) is 0 Å². The first kappa shape index (κ1) is 21.9. The highest BCUT2D eigenvalue weighted by Crippen LogP contribution is 2.58. The Labute approximate surface area is 130 Å². The zero-order chi connectivity index (χ0) is 18.2. The number of alkyl halides is 12. The lowest BCUT2D eigenvalue weighted by Gasteiger charge is -2.37. The Bertz CT molecular complexity index is 378. The Kier molecular flexibility index (Phi) is 6.41. The molecule has 0 unspecified atom stereocenters. The van der Waals surface area contributed by atoms with Gasteiger partial charge in [-0.1, -0.05) is 22.6 Å². The Morgan fingerprint density at radius 2 is 1.14 bits per heavy atom. The summed E-state index contributed by atoms with van der Waals surface area (Å²) >= 11 is 1.04. The molecule has 0 saturated heterocycles. The second-order valence-electron chi connectivity index (χ2n) is 4.24. The summed E-state index contributed by atoms with van der Waals surface area (Å²) in [6, 6.07) is 0. The molecule has 0 radical (unpaired) electrons. The number of halogens is 12. The molecule has 0 aliphatic heterocycles. The zero-order valence-corrected chi connectivity index (χ0v) is 12.3. The molecule has 13 heteroatoms. The predicted octanol–water partition coefficient (Wildman–Crippen LogP) is 4.67. The van der Waals surface area contributed by atoms with Crippen LogP contribution in [0, 0.1) is 0 Å². The third-order valence-corrected chi connectivity index (χ3v) is 3.59. The molecule has 0 amide bonds. The first-order chi connectivity index (χ1) is 9.45. The second-order valence-corrected chi connectivity index (χ2v) is 6.00. The third kappa shape index (κ3) is 3.70. The second kappa shape index (κ2) is 6.43. The third-order valence-electron chi connectivity index (χ3n) is 2.52. The van der Waals surface area contributed by atoms with Gasteiger partial charge in [0.15, 0.2) is 0 Å². The quantitative estimate of drug-likeness (QED) is 0.328. The lowest BCUT2D eigenvalue weighted by Crippen LogP contribution is -2.66. The van der Waals surface area contributed by atoms with E-state index in [2.05, 4.69) is 0 Å². The Balaban J connectivity index is 5.69. The van der Waals surface area contributed by atoms with Gasteiger partial charge in [-0.3, -0.25) is 0 Å². The van der Waals surface area contributed by atoms with E-state index in [4.69, 9.17) is 5.11 Å². The number of aliphatic hydroxyl groups excluding tert-OH is 1. The molecule has 0 aromatic carbocycles. The summed E-state index contributed by atoms with van der Waals surface area (Å²) in [5.74, 6) is -27.5. The van der Waals surface area contributed by atoms with Crippen LogP contribution in [0.25, 0.3) is 0 Å². The van der Waals surface area contributed by atoms with Crippen LogP contribution in [0.5, 0.6) is 0 Å². The van der Waals surface area contributed by atoms with Crippen LogP contribution < -0.4 is 0 Å². The molecule has 1 N–H and O–H groups in total. The Morgan fingerprint density at radius 1 is 0.727 bits per heavy atom. The number of hydrogen-bond donors (Lipinski definition) is 1. The van der Waals surface area contributed by atoms with Crippen LogP contribution in [0.15, 0.2) is 0 Å². The molecule has 1 atom stereocenters. The summed E-state index contributed by atoms with van der Waals surface area (Å²) in [6.45, 7) is -0.801. The smallest absolute Gasteiger partial charge is 0.396 e. The van der Waals surface area contributed by atoms with Crippen molar-refractivity contribution in [2.24, 2.45) is 0 Å². The maximum Gasteiger partial charge on any atom is 0.460 e. The maximum atomic E-state index is 13.2. The van der Waals surface area contributed by atoms with Gasteiger partial charge in [0.25, 0.3) is 0 Å². The van der Waals surface area contributed by atoms with E-state index < -0.39 is 53.2 Å². The minimum absolute atomic E-state index is 0.576. The first-order valence-corrected chi connectivity index (χ1v) is 6.53. The highest BCUT2D eigenvalue weighted by Gasteiger charge is 2.86. The summed E-state index contributed by atoms with van der Waals surface area (Å²) in [4.78, 5) is 0. The zero-order valence-electron chi connectivity index (χ0n) is 10.2. The number of aliphatic hydroxyl groups is 1. The predicted molar refractivity (Wildman–Crippen MR) is 60.0 cm³/mol. The molecule has 22 heavy (non-hydrogen) atoms. The van der Waals surface area contributed by atoms with E-state index in [0.717, 1.165) is 22.6 Å². The summed E-state index contributed by atoms with van der Waals surface area (Å²) in [5.41, 5.74) is 0. The maximum absolute atomic E-state index is 13.2. The van der Waals surface area contributed by atoms with E-state index in [9.17, 15) is 48.3 Å². The lowest BCUT2D eigenvalue weighted by molar-refractivity contribution is -0.422. The molecule has 0 aromatic rings. The van der Waals surface area contributed by atoms with Gasteiger partial charge in [-0.2, -0.15) is 48.3 Å². The summed E-state index contributed by atoms with van der Waals surface area (Å²) in [7, 11) is 0. The van der Waals surface area contributed by atoms with Gasteiger partial charge in [0.1, 0.15) is 0 Å². The van der Waals surface area contributed by atoms with E-state index in [0.29, 0.717) is 0 Å². The Hall–Kier alpha value is -0.0800. The van der Waals surface area contributed by atoms with E-state index in [1.165, 1.54) is 0 Å². The van der Waals surface area contributed by atoms with E-state index >= 15 is 0 Å². The van der Waals surface area contributed by atoms with Crippen molar-refractivity contribution in [1.82, 2.24) is 0 Å². The highest BCUT2D eigenvalue weighted by atomic mass is 127. The van der Waals surface area contributed by atoms with E-state index in [1.807, 2.05) is 0 Å². The SMILES string of the molecule is OCC[C@@H](I)CC(F)(F)C(F)(F)C(F)(F)C(F)(F)C(F)(F)F. The average Bonchev–Trinajstić information content (AvgIpc) is 2.25. The van der Waals surface area contributed by atoms with Gasteiger partial charge in [-0.25, -0.2) is 0 Å². The van der Waals surface area contributed by atoms with Gasteiger partial charge in [0.2, 0.25) is 0 Å². The fraction of sp³-hybridized carbons (Fsp3) is 1.00. The van der Waals surface area contributed by atoms with Crippen LogP contribution in [0.4, 0.5) is 48.3 Å². The molecule has 0 bridgehead atoms. The van der Waals surface area contributed by atoms with Crippen molar-refractivity contribution >= 4 is 22.6 Å². The fourth-order valence-corrected chi connectivity index (χ4v) is 2.09. The van der Waals surface area contributed by atoms with Crippen molar-refractivity contribution in [3.63, 3.8) is 0 Å². The summed E-state index contributed by atoms with van der Waals surface area (Å²) in [5, 5.41) is 8.38. The molecule has 0 fully saturated rings. The van der Waals surface area contributed by atoms with Crippen molar-refractivity contribution in [2.75, 3.05) is 6.61 Å². The molecule has 0 heterocycles. The molecular weight excluding hydrogens is 460 g/mol. The molecule has 0 aliphatic carbocycles. The molecule has 0 saturated carbocycles. The minimum atomic E-state index is -7.36. The van der Waals surface area contributed by atoms with Crippen molar-refractivity contribution in [3.05, 3.63) is 0 Å². The van der Waals surface area contributed by atoms with Gasteiger partial charge in [0.05, 0.1) is 0 Å². The molecule has 0 spiro atoms. The van der Waals surface area contributed by atoms with Crippen LogP contribution in [0.3, 0.4) is 0 Å². The summed E-state index contributed by atoms with van der Waals surface area (Å²) in [6.07, 6.45) is -9.84. The average molecular weight is 468 g/mol. The van der Waals surface area contributed by atoms with Crippen molar-refractivity contribution < 1.29 is 53.4 Å². The normalized spacial score (nSPS) is 16.8. The standard InChI is InChI=1S/C9H8F11IO/c10-5(11,3-4(21)1-2-22)6(12,13)7(14,15)8(16,17)9(18,19)20/h4,22H,1-3H2/t4-/m1/s1. The molecular formula is C9H8F11IO. The van der Waals surface area contributed by atoms with Gasteiger partial charge in [-0.15, -0.1) is 0 Å². The molecule has 0 aliphatic rings. The van der Waals surface area contributed by atoms with Crippen LogP contribution >= 0.6 is 22.6 Å². The monoisotopic (exact) mass is 468 g/mol. The largest absolute Gasteiger partial charge is 0.460 e.